The van der Waals surface area contributed by atoms with Crippen molar-refractivity contribution in [1.29, 1.82) is 0 Å². The standard InChI is InChI=1S/C9H12O2S/c10-5-7-3-4-8(12-7)9(11)6-1-2-6/h3-4,6,9-11H,1-2,5H2. The van der Waals surface area contributed by atoms with E-state index in [2.05, 4.69) is 0 Å². The third-order valence-corrected chi connectivity index (χ3v) is 3.34. The normalized spacial score (nSPS) is 19.5. The van der Waals surface area contributed by atoms with Crippen LogP contribution < -0.4 is 0 Å². The van der Waals surface area contributed by atoms with Crippen LogP contribution in [0.5, 0.6) is 0 Å². The highest BCUT2D eigenvalue weighted by Crippen LogP contribution is 2.42. The van der Waals surface area contributed by atoms with Crippen molar-refractivity contribution < 1.29 is 10.2 Å². The van der Waals surface area contributed by atoms with Crippen LogP contribution in [0, 0.1) is 5.92 Å². The molecule has 2 nitrogen and oxygen atoms in total. The predicted octanol–water partition coefficient (Wildman–Crippen LogP) is 1.68. The minimum atomic E-state index is -0.282. The first-order valence-corrected chi connectivity index (χ1v) is 5.00. The Morgan fingerprint density at radius 3 is 2.75 bits per heavy atom. The van der Waals surface area contributed by atoms with Gasteiger partial charge in [-0.3, -0.25) is 0 Å². The second kappa shape index (κ2) is 3.17. The molecule has 0 aromatic carbocycles. The molecular formula is C9H12O2S. The summed E-state index contributed by atoms with van der Waals surface area (Å²) in [6, 6.07) is 3.80. The Morgan fingerprint density at radius 1 is 1.50 bits per heavy atom. The second-order valence-corrected chi connectivity index (χ2v) is 4.44. The van der Waals surface area contributed by atoms with Crippen LogP contribution in [-0.4, -0.2) is 10.2 Å². The first-order chi connectivity index (χ1) is 5.81. The SMILES string of the molecule is OCc1ccc(C(O)C2CC2)s1. The Balaban J connectivity index is 2.10. The zero-order chi connectivity index (χ0) is 8.55. The fraction of sp³-hybridized carbons (Fsp3) is 0.556. The summed E-state index contributed by atoms with van der Waals surface area (Å²) in [5.74, 6) is 0.482. The number of hydrogen-bond acceptors (Lipinski definition) is 3. The van der Waals surface area contributed by atoms with Gasteiger partial charge in [-0.15, -0.1) is 11.3 Å². The van der Waals surface area contributed by atoms with Crippen molar-refractivity contribution in [2.24, 2.45) is 5.92 Å². The van der Waals surface area contributed by atoms with Gasteiger partial charge in [-0.2, -0.15) is 0 Å². The van der Waals surface area contributed by atoms with Crippen molar-refractivity contribution >= 4 is 11.3 Å². The third-order valence-electron chi connectivity index (χ3n) is 2.20. The van der Waals surface area contributed by atoms with Gasteiger partial charge in [-0.25, -0.2) is 0 Å². The van der Waals surface area contributed by atoms with E-state index in [4.69, 9.17) is 5.11 Å². The molecule has 0 saturated heterocycles. The monoisotopic (exact) mass is 184 g/mol. The molecule has 1 aromatic heterocycles. The van der Waals surface area contributed by atoms with Gasteiger partial charge >= 0.3 is 0 Å². The number of thiophene rings is 1. The zero-order valence-electron chi connectivity index (χ0n) is 6.73. The highest BCUT2D eigenvalue weighted by atomic mass is 32.1. The summed E-state index contributed by atoms with van der Waals surface area (Å²) in [5, 5.41) is 18.5. The number of rotatable bonds is 3. The van der Waals surface area contributed by atoms with Crippen LogP contribution in [-0.2, 0) is 6.61 Å². The topological polar surface area (TPSA) is 40.5 Å². The minimum Gasteiger partial charge on any atom is -0.391 e. The first-order valence-electron chi connectivity index (χ1n) is 4.19. The van der Waals surface area contributed by atoms with Crippen molar-refractivity contribution in [3.63, 3.8) is 0 Å². The van der Waals surface area contributed by atoms with Crippen LogP contribution >= 0.6 is 11.3 Å². The van der Waals surface area contributed by atoms with Gasteiger partial charge in [0.15, 0.2) is 0 Å². The summed E-state index contributed by atoms with van der Waals surface area (Å²) >= 11 is 1.51. The van der Waals surface area contributed by atoms with Gasteiger partial charge in [0.05, 0.1) is 12.7 Å². The fourth-order valence-corrected chi connectivity index (χ4v) is 2.24. The van der Waals surface area contributed by atoms with Gasteiger partial charge in [-0.05, 0) is 30.9 Å². The maximum atomic E-state index is 9.70. The van der Waals surface area contributed by atoms with Crippen molar-refractivity contribution in [3.05, 3.63) is 21.9 Å². The average Bonchev–Trinajstić information content (AvgIpc) is 2.82. The molecule has 2 N–H and O–H groups in total. The van der Waals surface area contributed by atoms with E-state index in [9.17, 15) is 5.11 Å². The predicted molar refractivity (Wildman–Crippen MR) is 47.9 cm³/mol. The molecule has 1 aromatic rings. The summed E-state index contributed by atoms with van der Waals surface area (Å²) < 4.78 is 0. The number of hydrogen-bond donors (Lipinski definition) is 2. The molecule has 0 spiro atoms. The van der Waals surface area contributed by atoms with E-state index in [1.165, 1.54) is 11.3 Å². The molecule has 1 unspecified atom stereocenters. The smallest absolute Gasteiger partial charge is 0.0910 e. The Morgan fingerprint density at radius 2 is 2.25 bits per heavy atom. The highest BCUT2D eigenvalue weighted by molar-refractivity contribution is 7.12. The largest absolute Gasteiger partial charge is 0.391 e. The quantitative estimate of drug-likeness (QED) is 0.750. The Hall–Kier alpha value is -0.380. The van der Waals surface area contributed by atoms with Gasteiger partial charge < -0.3 is 10.2 Å². The van der Waals surface area contributed by atoms with Crippen LogP contribution in [0.15, 0.2) is 12.1 Å². The van der Waals surface area contributed by atoms with Crippen molar-refractivity contribution in [2.75, 3.05) is 0 Å². The molecule has 0 bridgehead atoms. The van der Waals surface area contributed by atoms with Crippen LogP contribution in [0.1, 0.15) is 28.7 Å². The van der Waals surface area contributed by atoms with E-state index in [0.29, 0.717) is 5.92 Å². The minimum absolute atomic E-state index is 0.0854. The zero-order valence-corrected chi connectivity index (χ0v) is 7.55. The molecule has 0 amide bonds. The highest BCUT2D eigenvalue weighted by Gasteiger charge is 2.31. The molecule has 1 saturated carbocycles. The summed E-state index contributed by atoms with van der Waals surface area (Å²) in [6.45, 7) is 0.0854. The van der Waals surface area contributed by atoms with E-state index in [1.54, 1.807) is 0 Å². The molecular weight excluding hydrogens is 172 g/mol. The van der Waals surface area contributed by atoms with Gasteiger partial charge in [0.1, 0.15) is 0 Å². The third kappa shape index (κ3) is 1.53. The van der Waals surface area contributed by atoms with Crippen LogP contribution in [0.3, 0.4) is 0 Å². The van der Waals surface area contributed by atoms with E-state index in [-0.39, 0.29) is 12.7 Å². The van der Waals surface area contributed by atoms with Crippen molar-refractivity contribution in [3.8, 4) is 0 Å². The molecule has 0 aliphatic heterocycles. The molecule has 1 aliphatic carbocycles. The number of aliphatic hydroxyl groups excluding tert-OH is 2. The maximum absolute atomic E-state index is 9.70. The van der Waals surface area contributed by atoms with Crippen LogP contribution in [0.25, 0.3) is 0 Å². The lowest BCUT2D eigenvalue weighted by atomic mass is 10.2. The lowest BCUT2D eigenvalue weighted by molar-refractivity contribution is 0.157. The molecule has 0 radical (unpaired) electrons. The van der Waals surface area contributed by atoms with E-state index in [1.807, 2.05) is 12.1 Å². The second-order valence-electron chi connectivity index (χ2n) is 3.24. The maximum Gasteiger partial charge on any atom is 0.0910 e. The Labute approximate surface area is 75.5 Å². The van der Waals surface area contributed by atoms with Crippen LogP contribution in [0.4, 0.5) is 0 Å². The van der Waals surface area contributed by atoms with Crippen molar-refractivity contribution in [2.45, 2.75) is 25.6 Å². The molecule has 1 fully saturated rings. The summed E-state index contributed by atoms with van der Waals surface area (Å²) in [6.07, 6.45) is 2.01. The molecule has 1 heterocycles. The van der Waals surface area contributed by atoms with Gasteiger partial charge in [0.25, 0.3) is 0 Å². The molecule has 1 atom stereocenters. The summed E-state index contributed by atoms with van der Waals surface area (Å²) in [7, 11) is 0. The van der Waals surface area contributed by atoms with Gasteiger partial charge in [0.2, 0.25) is 0 Å². The number of aliphatic hydroxyl groups is 2. The summed E-state index contributed by atoms with van der Waals surface area (Å²) in [5.41, 5.74) is 0. The molecule has 12 heavy (non-hydrogen) atoms. The summed E-state index contributed by atoms with van der Waals surface area (Å²) in [4.78, 5) is 1.94. The average molecular weight is 184 g/mol. The van der Waals surface area contributed by atoms with E-state index in [0.717, 1.165) is 22.6 Å². The molecule has 3 heteroatoms. The lowest BCUT2D eigenvalue weighted by Gasteiger charge is -2.04. The molecule has 66 valence electrons. The fourth-order valence-electron chi connectivity index (χ4n) is 1.28. The Kier molecular flexibility index (Phi) is 2.17. The molecule has 1 aliphatic rings. The first kappa shape index (κ1) is 8.23. The van der Waals surface area contributed by atoms with Crippen molar-refractivity contribution in [1.82, 2.24) is 0 Å². The van der Waals surface area contributed by atoms with E-state index < -0.39 is 0 Å². The Bertz CT molecular complexity index is 265. The van der Waals surface area contributed by atoms with Crippen LogP contribution in [0.2, 0.25) is 0 Å². The van der Waals surface area contributed by atoms with E-state index >= 15 is 0 Å². The van der Waals surface area contributed by atoms with Gasteiger partial charge in [-0.1, -0.05) is 0 Å². The molecule has 2 rings (SSSR count). The lowest BCUT2D eigenvalue weighted by Crippen LogP contribution is -1.95. The van der Waals surface area contributed by atoms with Gasteiger partial charge in [0, 0.05) is 9.75 Å².